The molecule has 0 bridgehead atoms. The molecule has 0 saturated heterocycles. The van der Waals surface area contributed by atoms with Crippen molar-refractivity contribution in [3.63, 3.8) is 0 Å². The lowest BCUT2D eigenvalue weighted by Gasteiger charge is -2.37. The van der Waals surface area contributed by atoms with Crippen LogP contribution in [0.1, 0.15) is 41.0 Å². The van der Waals surface area contributed by atoms with Crippen molar-refractivity contribution >= 4 is 8.80 Å². The van der Waals surface area contributed by atoms with Crippen molar-refractivity contribution in [3.05, 3.63) is 23.0 Å². The van der Waals surface area contributed by atoms with Gasteiger partial charge in [0.25, 0.3) is 0 Å². The molecule has 1 aliphatic carbocycles. The SMILES string of the molecule is C[SiH](C)C1=C(NC(C)(C)C)C=CCC1(C)C. The number of nitrogens with one attached hydrogen (secondary N) is 1. The second-order valence-corrected chi connectivity index (χ2v) is 9.73. The van der Waals surface area contributed by atoms with E-state index in [-0.39, 0.29) is 5.54 Å². The van der Waals surface area contributed by atoms with Crippen LogP contribution >= 0.6 is 0 Å². The zero-order chi connectivity index (χ0) is 12.6. The molecule has 0 fully saturated rings. The van der Waals surface area contributed by atoms with E-state index in [1.165, 1.54) is 12.1 Å². The van der Waals surface area contributed by atoms with Gasteiger partial charge in [-0.05, 0) is 38.7 Å². The molecule has 1 nitrogen and oxygen atoms in total. The Bertz CT molecular complexity index is 316. The summed E-state index contributed by atoms with van der Waals surface area (Å²) in [5.74, 6) is 0. The average Bonchev–Trinajstić information content (AvgIpc) is 1.97. The molecule has 16 heavy (non-hydrogen) atoms. The number of allylic oxidation sites excluding steroid dienone is 3. The molecule has 0 unspecified atom stereocenters. The maximum atomic E-state index is 3.67. The molecule has 0 heterocycles. The highest BCUT2D eigenvalue weighted by Gasteiger charge is 2.30. The molecule has 0 aromatic heterocycles. The summed E-state index contributed by atoms with van der Waals surface area (Å²) in [4.78, 5) is 0. The zero-order valence-electron chi connectivity index (χ0n) is 11.9. The summed E-state index contributed by atoms with van der Waals surface area (Å²) in [5.41, 5.74) is 1.90. The standard InChI is InChI=1S/C14H27NSi/c1-13(2,3)15-11-9-8-10-14(4,5)12(11)16(6)7/h8-9,15-16H,10H2,1-7H3. The van der Waals surface area contributed by atoms with Crippen molar-refractivity contribution in [2.75, 3.05) is 0 Å². The highest BCUT2D eigenvalue weighted by Crippen LogP contribution is 2.37. The van der Waals surface area contributed by atoms with Crippen LogP contribution in [0.5, 0.6) is 0 Å². The predicted octanol–water partition coefficient (Wildman–Crippen LogP) is 3.64. The third-order valence-corrected chi connectivity index (χ3v) is 5.27. The second-order valence-electron chi connectivity index (χ2n) is 6.85. The third-order valence-electron chi connectivity index (χ3n) is 3.02. The molecule has 0 atom stereocenters. The summed E-state index contributed by atoms with van der Waals surface area (Å²) in [7, 11) is -0.758. The van der Waals surface area contributed by atoms with E-state index in [0.29, 0.717) is 5.41 Å². The first-order valence-electron chi connectivity index (χ1n) is 6.33. The molecule has 1 rings (SSSR count). The van der Waals surface area contributed by atoms with E-state index in [4.69, 9.17) is 0 Å². The van der Waals surface area contributed by atoms with E-state index >= 15 is 0 Å². The van der Waals surface area contributed by atoms with Crippen LogP contribution in [0.3, 0.4) is 0 Å². The lowest BCUT2D eigenvalue weighted by Crippen LogP contribution is -2.39. The smallest absolute Gasteiger partial charge is 0.0629 e. The van der Waals surface area contributed by atoms with E-state index in [1.54, 1.807) is 5.20 Å². The van der Waals surface area contributed by atoms with Crippen molar-refractivity contribution in [1.29, 1.82) is 0 Å². The summed E-state index contributed by atoms with van der Waals surface area (Å²) < 4.78 is 0. The Hall–Kier alpha value is -0.503. The van der Waals surface area contributed by atoms with E-state index in [1.807, 2.05) is 0 Å². The van der Waals surface area contributed by atoms with Crippen molar-refractivity contribution in [1.82, 2.24) is 5.32 Å². The van der Waals surface area contributed by atoms with Gasteiger partial charge < -0.3 is 5.32 Å². The highest BCUT2D eigenvalue weighted by molar-refractivity contribution is 6.64. The van der Waals surface area contributed by atoms with Crippen LogP contribution in [0.15, 0.2) is 23.0 Å². The van der Waals surface area contributed by atoms with Crippen LogP contribution in [0.4, 0.5) is 0 Å². The predicted molar refractivity (Wildman–Crippen MR) is 76.3 cm³/mol. The van der Waals surface area contributed by atoms with Crippen LogP contribution < -0.4 is 5.32 Å². The normalized spacial score (nSPS) is 20.5. The quantitative estimate of drug-likeness (QED) is 0.723. The molecule has 0 spiro atoms. The van der Waals surface area contributed by atoms with Gasteiger partial charge in [-0.3, -0.25) is 0 Å². The fourth-order valence-corrected chi connectivity index (χ4v) is 5.11. The molecule has 0 amide bonds. The molecule has 1 aliphatic rings. The Kier molecular flexibility index (Phi) is 3.73. The number of hydrogen-bond acceptors (Lipinski definition) is 1. The maximum Gasteiger partial charge on any atom is 0.0629 e. The molecule has 0 aromatic carbocycles. The molecule has 0 saturated carbocycles. The highest BCUT2D eigenvalue weighted by atomic mass is 28.3. The molecule has 0 aliphatic heterocycles. The van der Waals surface area contributed by atoms with Gasteiger partial charge in [0.05, 0.1) is 8.80 Å². The lowest BCUT2D eigenvalue weighted by molar-refractivity contribution is 0.433. The second kappa shape index (κ2) is 4.40. The van der Waals surface area contributed by atoms with Gasteiger partial charge in [-0.15, -0.1) is 0 Å². The molecule has 1 N–H and O–H groups in total. The van der Waals surface area contributed by atoms with Crippen molar-refractivity contribution in [2.24, 2.45) is 5.41 Å². The van der Waals surface area contributed by atoms with Crippen LogP contribution in [0.25, 0.3) is 0 Å². The minimum absolute atomic E-state index is 0.154. The Labute approximate surface area is 103 Å². The molecule has 2 heteroatoms. The molecule has 92 valence electrons. The Morgan fingerprint density at radius 3 is 2.25 bits per heavy atom. The lowest BCUT2D eigenvalue weighted by atomic mass is 9.84. The fraction of sp³-hybridized carbons (Fsp3) is 0.714. The van der Waals surface area contributed by atoms with Crippen LogP contribution in [-0.2, 0) is 0 Å². The molecule has 0 aromatic rings. The van der Waals surface area contributed by atoms with Crippen molar-refractivity contribution < 1.29 is 0 Å². The van der Waals surface area contributed by atoms with Crippen molar-refractivity contribution in [2.45, 2.75) is 59.7 Å². The van der Waals surface area contributed by atoms with E-state index < -0.39 is 8.80 Å². The molecule has 0 radical (unpaired) electrons. The Morgan fingerprint density at radius 2 is 1.81 bits per heavy atom. The minimum Gasteiger partial charge on any atom is -0.381 e. The first-order valence-corrected chi connectivity index (χ1v) is 9.21. The van der Waals surface area contributed by atoms with Gasteiger partial charge in [0.2, 0.25) is 0 Å². The number of rotatable bonds is 2. The Balaban J connectivity index is 3.12. The summed E-state index contributed by atoms with van der Waals surface area (Å²) >= 11 is 0. The average molecular weight is 237 g/mol. The molecular formula is C14H27NSi. The van der Waals surface area contributed by atoms with Gasteiger partial charge in [0, 0.05) is 11.2 Å². The van der Waals surface area contributed by atoms with Gasteiger partial charge >= 0.3 is 0 Å². The van der Waals surface area contributed by atoms with Crippen LogP contribution in [0.2, 0.25) is 13.1 Å². The van der Waals surface area contributed by atoms with Crippen molar-refractivity contribution in [3.8, 4) is 0 Å². The number of hydrogen-bond donors (Lipinski definition) is 1. The van der Waals surface area contributed by atoms with E-state index in [9.17, 15) is 0 Å². The summed E-state index contributed by atoms with van der Waals surface area (Å²) in [5, 5.41) is 5.37. The monoisotopic (exact) mass is 237 g/mol. The van der Waals surface area contributed by atoms with Gasteiger partial charge in [0.1, 0.15) is 0 Å². The van der Waals surface area contributed by atoms with Crippen LogP contribution in [0, 0.1) is 5.41 Å². The first-order chi connectivity index (χ1) is 7.13. The summed E-state index contributed by atoms with van der Waals surface area (Å²) in [6.07, 6.45) is 5.79. The fourth-order valence-electron chi connectivity index (χ4n) is 2.64. The van der Waals surface area contributed by atoms with E-state index in [0.717, 1.165) is 0 Å². The van der Waals surface area contributed by atoms with Gasteiger partial charge in [0.15, 0.2) is 0 Å². The zero-order valence-corrected chi connectivity index (χ0v) is 13.1. The summed E-state index contributed by atoms with van der Waals surface area (Å²) in [6.45, 7) is 16.3. The third kappa shape index (κ3) is 3.24. The molecular weight excluding hydrogens is 210 g/mol. The van der Waals surface area contributed by atoms with Gasteiger partial charge in [-0.25, -0.2) is 0 Å². The van der Waals surface area contributed by atoms with E-state index in [2.05, 4.69) is 65.2 Å². The maximum absolute atomic E-state index is 3.67. The van der Waals surface area contributed by atoms with Gasteiger partial charge in [-0.2, -0.15) is 0 Å². The summed E-state index contributed by atoms with van der Waals surface area (Å²) in [6, 6.07) is 0. The van der Waals surface area contributed by atoms with Crippen LogP contribution in [-0.4, -0.2) is 14.3 Å². The first kappa shape index (κ1) is 13.6. The largest absolute Gasteiger partial charge is 0.381 e. The topological polar surface area (TPSA) is 12.0 Å². The minimum atomic E-state index is -0.758. The Morgan fingerprint density at radius 1 is 1.25 bits per heavy atom. The van der Waals surface area contributed by atoms with Gasteiger partial charge in [-0.1, -0.05) is 38.2 Å².